The number of piperidine rings is 1. The van der Waals surface area contributed by atoms with Crippen molar-refractivity contribution in [3.05, 3.63) is 36.0 Å². The van der Waals surface area contributed by atoms with Crippen LogP contribution in [0.25, 0.3) is 11.3 Å². The van der Waals surface area contributed by atoms with Gasteiger partial charge in [0, 0.05) is 37.4 Å². The van der Waals surface area contributed by atoms with Gasteiger partial charge in [-0.05, 0) is 49.9 Å². The highest BCUT2D eigenvalue weighted by atomic mass is 16.5. The number of methoxy groups -OCH3 is 1. The molecule has 1 aromatic carbocycles. The van der Waals surface area contributed by atoms with Gasteiger partial charge in [-0.25, -0.2) is 4.79 Å². The molecule has 2 aromatic rings. The normalized spacial score (nSPS) is 18.6. The first kappa shape index (κ1) is 17.9. The predicted octanol–water partition coefficient (Wildman–Crippen LogP) is 2.94. The lowest BCUT2D eigenvalue weighted by atomic mass is 9.89. The van der Waals surface area contributed by atoms with E-state index in [0.717, 1.165) is 68.0 Å². The average Bonchev–Trinajstić information content (AvgIpc) is 3.36. The number of likely N-dealkylation sites (tertiary alicyclic amines) is 1. The van der Waals surface area contributed by atoms with Crippen molar-refractivity contribution >= 4 is 6.03 Å². The van der Waals surface area contributed by atoms with E-state index >= 15 is 0 Å². The third kappa shape index (κ3) is 3.78. The van der Waals surface area contributed by atoms with Gasteiger partial charge in [0.1, 0.15) is 5.75 Å². The molecule has 3 heterocycles. The van der Waals surface area contributed by atoms with Gasteiger partial charge in [0.25, 0.3) is 0 Å². The van der Waals surface area contributed by atoms with Crippen molar-refractivity contribution in [1.82, 2.24) is 20.4 Å². The van der Waals surface area contributed by atoms with Gasteiger partial charge in [0.2, 0.25) is 0 Å². The summed E-state index contributed by atoms with van der Waals surface area (Å²) in [6.45, 7) is 2.81. The van der Waals surface area contributed by atoms with E-state index in [9.17, 15) is 4.79 Å². The lowest BCUT2D eigenvalue weighted by Gasteiger charge is -2.38. The molecule has 1 spiro atoms. The summed E-state index contributed by atoms with van der Waals surface area (Å²) in [6.07, 6.45) is 5.90. The van der Waals surface area contributed by atoms with Crippen LogP contribution in [-0.4, -0.2) is 53.5 Å². The molecule has 2 aliphatic rings. The smallest absolute Gasteiger partial charge is 0.317 e. The van der Waals surface area contributed by atoms with E-state index in [1.807, 2.05) is 29.2 Å². The minimum Gasteiger partial charge on any atom is -0.497 e. The molecule has 1 aromatic heterocycles. The van der Waals surface area contributed by atoms with E-state index in [1.54, 1.807) is 13.3 Å². The van der Waals surface area contributed by atoms with Crippen LogP contribution in [0.5, 0.6) is 5.75 Å². The molecule has 4 rings (SSSR count). The maximum Gasteiger partial charge on any atom is 0.317 e. The fourth-order valence-electron chi connectivity index (χ4n) is 4.00. The van der Waals surface area contributed by atoms with Gasteiger partial charge >= 0.3 is 6.03 Å². The van der Waals surface area contributed by atoms with Crippen molar-refractivity contribution in [2.45, 2.75) is 37.8 Å². The lowest BCUT2D eigenvalue weighted by molar-refractivity contribution is -0.0361. The number of rotatable bonds is 4. The molecule has 0 unspecified atom stereocenters. The highest BCUT2D eigenvalue weighted by Gasteiger charge is 2.39. The summed E-state index contributed by atoms with van der Waals surface area (Å²) < 4.78 is 11.1. The summed E-state index contributed by atoms with van der Waals surface area (Å²) in [5, 5.41) is 10.2. The van der Waals surface area contributed by atoms with Crippen LogP contribution in [0.2, 0.25) is 0 Å². The Labute approximate surface area is 159 Å². The van der Waals surface area contributed by atoms with Gasteiger partial charge in [-0.3, -0.25) is 5.10 Å². The molecule has 2 fully saturated rings. The standard InChI is InChI=1S/C20H26N4O3/c1-26-17-5-3-15(4-6-17)18-16(14-22-23-18)13-21-19(25)24-10-8-20(9-11-24)7-2-12-27-20/h3-6,14H,2,7-13H2,1H3,(H,21,25)(H,22,23). The van der Waals surface area contributed by atoms with Gasteiger partial charge in [-0.1, -0.05) is 0 Å². The molecule has 2 aliphatic heterocycles. The largest absolute Gasteiger partial charge is 0.497 e. The van der Waals surface area contributed by atoms with Crippen molar-refractivity contribution in [2.75, 3.05) is 26.8 Å². The van der Waals surface area contributed by atoms with Crippen LogP contribution >= 0.6 is 0 Å². The predicted molar refractivity (Wildman–Crippen MR) is 102 cm³/mol. The van der Waals surface area contributed by atoms with Crippen molar-refractivity contribution in [2.24, 2.45) is 0 Å². The number of ether oxygens (including phenoxy) is 2. The van der Waals surface area contributed by atoms with E-state index in [4.69, 9.17) is 9.47 Å². The Morgan fingerprint density at radius 2 is 2.07 bits per heavy atom. The summed E-state index contributed by atoms with van der Waals surface area (Å²) in [5.74, 6) is 0.808. The number of benzene rings is 1. The van der Waals surface area contributed by atoms with E-state index in [0.29, 0.717) is 6.54 Å². The zero-order valence-electron chi connectivity index (χ0n) is 15.7. The van der Waals surface area contributed by atoms with E-state index in [1.165, 1.54) is 0 Å². The van der Waals surface area contributed by atoms with Gasteiger partial charge in [0.15, 0.2) is 0 Å². The molecule has 27 heavy (non-hydrogen) atoms. The molecular weight excluding hydrogens is 344 g/mol. The number of H-pyrrole nitrogens is 1. The summed E-state index contributed by atoms with van der Waals surface area (Å²) in [6, 6.07) is 7.75. The Kier molecular flexibility index (Phi) is 5.03. The first-order chi connectivity index (χ1) is 13.2. The Morgan fingerprint density at radius 3 is 2.74 bits per heavy atom. The van der Waals surface area contributed by atoms with E-state index < -0.39 is 0 Å². The van der Waals surface area contributed by atoms with Crippen LogP contribution in [0.15, 0.2) is 30.5 Å². The molecule has 144 valence electrons. The van der Waals surface area contributed by atoms with Crippen molar-refractivity contribution in [1.29, 1.82) is 0 Å². The molecule has 2 N–H and O–H groups in total. The second-order valence-corrected chi connectivity index (χ2v) is 7.28. The highest BCUT2D eigenvalue weighted by molar-refractivity contribution is 5.75. The summed E-state index contributed by atoms with van der Waals surface area (Å²) in [7, 11) is 1.65. The number of nitrogens with zero attached hydrogens (tertiary/aromatic N) is 2. The third-order valence-corrected chi connectivity index (χ3v) is 5.67. The first-order valence-corrected chi connectivity index (χ1v) is 9.52. The molecule has 0 saturated carbocycles. The Hall–Kier alpha value is -2.54. The van der Waals surface area contributed by atoms with Gasteiger partial charge < -0.3 is 19.7 Å². The van der Waals surface area contributed by atoms with Gasteiger partial charge in [0.05, 0.1) is 24.6 Å². The number of amides is 2. The van der Waals surface area contributed by atoms with Crippen LogP contribution in [0.3, 0.4) is 0 Å². The molecule has 7 heteroatoms. The van der Waals surface area contributed by atoms with Gasteiger partial charge in [-0.2, -0.15) is 5.10 Å². The van der Waals surface area contributed by atoms with E-state index in [-0.39, 0.29) is 11.6 Å². The van der Waals surface area contributed by atoms with Crippen LogP contribution in [0.1, 0.15) is 31.2 Å². The fraction of sp³-hybridized carbons (Fsp3) is 0.500. The van der Waals surface area contributed by atoms with Crippen molar-refractivity contribution in [3.63, 3.8) is 0 Å². The molecule has 0 atom stereocenters. The number of hydrogen-bond acceptors (Lipinski definition) is 4. The van der Waals surface area contributed by atoms with Crippen LogP contribution < -0.4 is 10.1 Å². The Bertz CT molecular complexity index is 771. The SMILES string of the molecule is COc1ccc(-c2[nH]ncc2CNC(=O)N2CCC3(CCCO3)CC2)cc1. The zero-order valence-corrected chi connectivity index (χ0v) is 15.7. The fourth-order valence-corrected chi connectivity index (χ4v) is 4.00. The Morgan fingerprint density at radius 1 is 1.30 bits per heavy atom. The lowest BCUT2D eigenvalue weighted by Crippen LogP contribution is -2.49. The zero-order chi connectivity index (χ0) is 18.7. The quantitative estimate of drug-likeness (QED) is 0.867. The minimum atomic E-state index is -0.0234. The molecule has 2 amide bonds. The number of aromatic amines is 1. The molecule has 0 aliphatic carbocycles. The number of aromatic nitrogens is 2. The molecule has 0 bridgehead atoms. The van der Waals surface area contributed by atoms with Crippen LogP contribution in [-0.2, 0) is 11.3 Å². The number of hydrogen-bond donors (Lipinski definition) is 2. The summed E-state index contributed by atoms with van der Waals surface area (Å²) in [4.78, 5) is 14.4. The number of nitrogens with one attached hydrogen (secondary N) is 2. The second-order valence-electron chi connectivity index (χ2n) is 7.28. The third-order valence-electron chi connectivity index (χ3n) is 5.67. The monoisotopic (exact) mass is 370 g/mol. The topological polar surface area (TPSA) is 79.5 Å². The molecule has 2 saturated heterocycles. The van der Waals surface area contributed by atoms with Crippen LogP contribution in [0, 0.1) is 0 Å². The van der Waals surface area contributed by atoms with Crippen LogP contribution in [0.4, 0.5) is 4.79 Å². The van der Waals surface area contributed by atoms with Gasteiger partial charge in [-0.15, -0.1) is 0 Å². The molecular formula is C20H26N4O3. The average molecular weight is 370 g/mol. The maximum absolute atomic E-state index is 12.6. The maximum atomic E-state index is 12.6. The summed E-state index contributed by atoms with van der Waals surface area (Å²) in [5.41, 5.74) is 2.91. The number of carbonyl (C=O) groups excluding carboxylic acids is 1. The number of carbonyl (C=O) groups is 1. The van der Waals surface area contributed by atoms with E-state index in [2.05, 4.69) is 15.5 Å². The molecule has 7 nitrogen and oxygen atoms in total. The van der Waals surface area contributed by atoms with Crippen molar-refractivity contribution in [3.8, 4) is 17.0 Å². The molecule has 0 radical (unpaired) electrons. The highest BCUT2D eigenvalue weighted by Crippen LogP contribution is 2.35. The summed E-state index contributed by atoms with van der Waals surface area (Å²) >= 11 is 0. The first-order valence-electron chi connectivity index (χ1n) is 9.52. The second kappa shape index (κ2) is 7.60. The Balaban J connectivity index is 1.34. The number of urea groups is 1. The minimum absolute atomic E-state index is 0.0234. The van der Waals surface area contributed by atoms with Crippen molar-refractivity contribution < 1.29 is 14.3 Å².